The smallest absolute Gasteiger partial charge is 0.0366 e. The lowest BCUT2D eigenvalue weighted by Gasteiger charge is -2.24. The Bertz CT molecular complexity index is 476. The molecule has 100 valence electrons. The fourth-order valence-corrected chi connectivity index (χ4v) is 2.23. The molecule has 0 atom stereocenters. The first-order valence-electron chi connectivity index (χ1n) is 6.94. The van der Waals surface area contributed by atoms with Gasteiger partial charge in [0, 0.05) is 24.5 Å². The van der Waals surface area contributed by atoms with Crippen molar-refractivity contribution >= 4 is 11.4 Å². The van der Waals surface area contributed by atoms with Crippen LogP contribution < -0.4 is 10.6 Å². The second-order valence-corrected chi connectivity index (χ2v) is 4.81. The Hall–Kier alpha value is -1.96. The summed E-state index contributed by atoms with van der Waals surface area (Å²) in [5.74, 6) is 0. The minimum atomic E-state index is 0.831. The topological polar surface area (TPSA) is 29.3 Å². The van der Waals surface area contributed by atoms with Crippen molar-refractivity contribution in [1.82, 2.24) is 0 Å². The van der Waals surface area contributed by atoms with E-state index in [0.29, 0.717) is 0 Å². The molecule has 19 heavy (non-hydrogen) atoms. The Balaban J connectivity index is 1.99. The van der Waals surface area contributed by atoms with Crippen LogP contribution in [0.15, 0.2) is 54.6 Å². The van der Waals surface area contributed by atoms with Crippen molar-refractivity contribution in [2.75, 3.05) is 23.7 Å². The molecule has 0 aliphatic carbocycles. The van der Waals surface area contributed by atoms with Gasteiger partial charge in [0.15, 0.2) is 0 Å². The first kappa shape index (κ1) is 13.5. The van der Waals surface area contributed by atoms with Crippen molar-refractivity contribution in [2.24, 2.45) is 0 Å². The molecule has 2 N–H and O–H groups in total. The molecule has 0 bridgehead atoms. The normalized spacial score (nSPS) is 10.4. The van der Waals surface area contributed by atoms with E-state index >= 15 is 0 Å². The zero-order valence-electron chi connectivity index (χ0n) is 11.5. The van der Waals surface area contributed by atoms with Gasteiger partial charge >= 0.3 is 0 Å². The number of nitrogen functional groups attached to an aromatic ring is 1. The van der Waals surface area contributed by atoms with Crippen LogP contribution in [0.1, 0.15) is 18.9 Å². The molecule has 0 saturated heterocycles. The fraction of sp³-hybridized carbons (Fsp3) is 0.294. The van der Waals surface area contributed by atoms with Crippen molar-refractivity contribution in [2.45, 2.75) is 19.8 Å². The van der Waals surface area contributed by atoms with E-state index < -0.39 is 0 Å². The van der Waals surface area contributed by atoms with Crippen LogP contribution in [0.3, 0.4) is 0 Å². The molecule has 0 unspecified atom stereocenters. The SMILES string of the molecule is CCCN(CCc1ccc(N)cc1)c1ccccc1. The first-order valence-corrected chi connectivity index (χ1v) is 6.94. The van der Waals surface area contributed by atoms with E-state index in [1.54, 1.807) is 0 Å². The van der Waals surface area contributed by atoms with Gasteiger partial charge in [-0.3, -0.25) is 0 Å². The highest BCUT2D eigenvalue weighted by Gasteiger charge is 2.05. The summed E-state index contributed by atoms with van der Waals surface area (Å²) in [5, 5.41) is 0. The van der Waals surface area contributed by atoms with Crippen molar-refractivity contribution in [3.63, 3.8) is 0 Å². The number of hydrogen-bond donors (Lipinski definition) is 1. The molecule has 2 rings (SSSR count). The Kier molecular flexibility index (Phi) is 4.85. The van der Waals surface area contributed by atoms with Gasteiger partial charge in [-0.1, -0.05) is 37.3 Å². The monoisotopic (exact) mass is 254 g/mol. The van der Waals surface area contributed by atoms with Gasteiger partial charge in [0.2, 0.25) is 0 Å². The van der Waals surface area contributed by atoms with Gasteiger partial charge in [-0.2, -0.15) is 0 Å². The van der Waals surface area contributed by atoms with Crippen LogP contribution in [0.2, 0.25) is 0 Å². The molecule has 0 saturated carbocycles. The number of hydrogen-bond acceptors (Lipinski definition) is 2. The fourth-order valence-electron chi connectivity index (χ4n) is 2.23. The number of nitrogens with zero attached hydrogens (tertiary/aromatic N) is 1. The number of nitrogens with two attached hydrogens (primary N) is 1. The van der Waals surface area contributed by atoms with E-state index in [0.717, 1.165) is 31.6 Å². The van der Waals surface area contributed by atoms with Crippen LogP contribution in [0.4, 0.5) is 11.4 Å². The average molecular weight is 254 g/mol. The van der Waals surface area contributed by atoms with E-state index in [4.69, 9.17) is 5.73 Å². The minimum absolute atomic E-state index is 0.831. The standard InChI is InChI=1S/C17H22N2/c1-2-13-19(17-6-4-3-5-7-17)14-12-15-8-10-16(18)11-9-15/h3-11H,2,12-14,18H2,1H3. The number of anilines is 2. The predicted octanol–water partition coefficient (Wildman–Crippen LogP) is 3.73. The van der Waals surface area contributed by atoms with Gasteiger partial charge in [-0.15, -0.1) is 0 Å². The Morgan fingerprint density at radius 3 is 2.21 bits per heavy atom. The summed E-state index contributed by atoms with van der Waals surface area (Å²) >= 11 is 0. The second-order valence-electron chi connectivity index (χ2n) is 4.81. The zero-order chi connectivity index (χ0) is 13.5. The minimum Gasteiger partial charge on any atom is -0.399 e. The third kappa shape index (κ3) is 4.02. The van der Waals surface area contributed by atoms with Gasteiger partial charge in [0.25, 0.3) is 0 Å². The van der Waals surface area contributed by atoms with Gasteiger partial charge in [-0.25, -0.2) is 0 Å². The van der Waals surface area contributed by atoms with Gasteiger partial charge < -0.3 is 10.6 Å². The third-order valence-corrected chi connectivity index (χ3v) is 3.26. The summed E-state index contributed by atoms with van der Waals surface area (Å²) < 4.78 is 0. The molecule has 0 heterocycles. The van der Waals surface area contributed by atoms with Crippen LogP contribution in [0.25, 0.3) is 0 Å². The highest BCUT2D eigenvalue weighted by atomic mass is 15.1. The van der Waals surface area contributed by atoms with Gasteiger partial charge in [0.1, 0.15) is 0 Å². The van der Waals surface area contributed by atoms with Crippen LogP contribution in [0, 0.1) is 0 Å². The van der Waals surface area contributed by atoms with E-state index in [-0.39, 0.29) is 0 Å². The summed E-state index contributed by atoms with van der Waals surface area (Å²) in [5.41, 5.74) is 9.19. The Labute approximate surface area is 115 Å². The first-order chi connectivity index (χ1) is 9.29. The molecule has 0 aliphatic rings. The van der Waals surface area contributed by atoms with Crippen LogP contribution in [-0.4, -0.2) is 13.1 Å². The summed E-state index contributed by atoms with van der Waals surface area (Å²) in [6.45, 7) is 4.36. The summed E-state index contributed by atoms with van der Waals surface area (Å²) in [4.78, 5) is 2.44. The molecule has 2 heteroatoms. The maximum Gasteiger partial charge on any atom is 0.0366 e. The molecule has 0 aromatic heterocycles. The quantitative estimate of drug-likeness (QED) is 0.796. The molecule has 0 fully saturated rings. The van der Waals surface area contributed by atoms with Crippen molar-refractivity contribution in [3.05, 3.63) is 60.2 Å². The van der Waals surface area contributed by atoms with Crippen LogP contribution in [-0.2, 0) is 6.42 Å². The third-order valence-electron chi connectivity index (χ3n) is 3.26. The number of para-hydroxylation sites is 1. The van der Waals surface area contributed by atoms with E-state index in [1.807, 2.05) is 12.1 Å². The maximum absolute atomic E-state index is 5.71. The molecular weight excluding hydrogens is 232 g/mol. The number of rotatable bonds is 6. The van der Waals surface area contributed by atoms with Crippen molar-refractivity contribution in [1.29, 1.82) is 0 Å². The zero-order valence-corrected chi connectivity index (χ0v) is 11.5. The molecule has 0 aliphatic heterocycles. The average Bonchev–Trinajstić information content (AvgIpc) is 2.46. The summed E-state index contributed by atoms with van der Waals surface area (Å²) in [6.07, 6.45) is 2.21. The summed E-state index contributed by atoms with van der Waals surface area (Å²) in [7, 11) is 0. The highest BCUT2D eigenvalue weighted by molar-refractivity contribution is 5.46. The van der Waals surface area contributed by atoms with E-state index in [1.165, 1.54) is 11.3 Å². The number of benzene rings is 2. The Morgan fingerprint density at radius 2 is 1.58 bits per heavy atom. The predicted molar refractivity (Wildman–Crippen MR) is 83.5 cm³/mol. The largest absolute Gasteiger partial charge is 0.399 e. The maximum atomic E-state index is 5.71. The second kappa shape index (κ2) is 6.83. The van der Waals surface area contributed by atoms with Crippen LogP contribution >= 0.6 is 0 Å². The molecule has 2 nitrogen and oxygen atoms in total. The molecular formula is C17H22N2. The lowest BCUT2D eigenvalue weighted by Crippen LogP contribution is -2.26. The van der Waals surface area contributed by atoms with Gasteiger partial charge in [-0.05, 0) is 42.7 Å². The molecule has 2 aromatic carbocycles. The highest BCUT2D eigenvalue weighted by Crippen LogP contribution is 2.15. The van der Waals surface area contributed by atoms with E-state index in [9.17, 15) is 0 Å². The molecule has 0 amide bonds. The van der Waals surface area contributed by atoms with Gasteiger partial charge in [0.05, 0.1) is 0 Å². The van der Waals surface area contributed by atoms with E-state index in [2.05, 4.69) is 54.3 Å². The van der Waals surface area contributed by atoms with Crippen LogP contribution in [0.5, 0.6) is 0 Å². The van der Waals surface area contributed by atoms with Crippen molar-refractivity contribution in [3.8, 4) is 0 Å². The lowest BCUT2D eigenvalue weighted by atomic mass is 10.1. The lowest BCUT2D eigenvalue weighted by molar-refractivity contribution is 0.756. The molecule has 0 spiro atoms. The molecule has 0 radical (unpaired) electrons. The Morgan fingerprint density at radius 1 is 0.895 bits per heavy atom. The molecule has 2 aromatic rings. The van der Waals surface area contributed by atoms with Crippen molar-refractivity contribution < 1.29 is 0 Å². The summed E-state index contributed by atoms with van der Waals surface area (Å²) in [6, 6.07) is 18.8.